The van der Waals surface area contributed by atoms with Crippen LogP contribution in [-0.4, -0.2) is 52.6 Å². The zero-order valence-corrected chi connectivity index (χ0v) is 15.0. The lowest BCUT2D eigenvalue weighted by Crippen LogP contribution is -2.45. The summed E-state index contributed by atoms with van der Waals surface area (Å²) in [5.41, 5.74) is 1.09. The summed E-state index contributed by atoms with van der Waals surface area (Å²) in [7, 11) is 1.60. The van der Waals surface area contributed by atoms with Gasteiger partial charge in [0.25, 0.3) is 0 Å². The second-order valence-corrected chi connectivity index (χ2v) is 7.06. The molecule has 2 aromatic rings. The molecule has 0 radical (unpaired) electrons. The standard InChI is InChI=1S/C19H23N3O4/c1-3-22-9-13(7-20-22)8-21-10-15-14-5-4-6-16(25-2)17(14)26-12-19(15,11-21)18(23)24/h4-7,9,15H,3,8,10-12H2,1-2H3,(H,23,24)/t15-,19-/m1/s1. The van der Waals surface area contributed by atoms with Crippen LogP contribution in [0.1, 0.15) is 24.0 Å². The lowest BCUT2D eigenvalue weighted by Gasteiger charge is -2.36. The van der Waals surface area contributed by atoms with E-state index in [1.807, 2.05) is 42.2 Å². The molecule has 1 aromatic carbocycles. The molecule has 0 bridgehead atoms. The minimum Gasteiger partial charge on any atom is -0.493 e. The SMILES string of the molecule is CCn1cc(CN2C[C@@H]3c4cccc(OC)c4OC[C@]3(C(=O)O)C2)cn1. The van der Waals surface area contributed by atoms with Crippen LogP contribution in [0.25, 0.3) is 0 Å². The van der Waals surface area contributed by atoms with E-state index in [1.165, 1.54) is 0 Å². The van der Waals surface area contributed by atoms with Gasteiger partial charge >= 0.3 is 5.97 Å². The molecule has 1 saturated heterocycles. The van der Waals surface area contributed by atoms with E-state index >= 15 is 0 Å². The number of ether oxygens (including phenoxy) is 2. The molecule has 3 heterocycles. The van der Waals surface area contributed by atoms with Crippen molar-refractivity contribution in [1.29, 1.82) is 0 Å². The number of carboxylic acid groups (broad SMARTS) is 1. The number of nitrogens with zero attached hydrogens (tertiary/aromatic N) is 3. The van der Waals surface area contributed by atoms with Crippen molar-refractivity contribution in [3.05, 3.63) is 41.7 Å². The van der Waals surface area contributed by atoms with E-state index in [-0.39, 0.29) is 12.5 Å². The summed E-state index contributed by atoms with van der Waals surface area (Å²) in [5.74, 6) is 0.407. The van der Waals surface area contributed by atoms with Crippen molar-refractivity contribution in [3.63, 3.8) is 0 Å². The van der Waals surface area contributed by atoms with Crippen molar-refractivity contribution in [1.82, 2.24) is 14.7 Å². The van der Waals surface area contributed by atoms with E-state index < -0.39 is 11.4 Å². The van der Waals surface area contributed by atoms with Gasteiger partial charge in [-0.25, -0.2) is 0 Å². The van der Waals surface area contributed by atoms with Gasteiger partial charge in [-0.3, -0.25) is 14.4 Å². The highest BCUT2D eigenvalue weighted by Crippen LogP contribution is 2.52. The fraction of sp³-hybridized carbons (Fsp3) is 0.474. The van der Waals surface area contributed by atoms with Crippen molar-refractivity contribution >= 4 is 5.97 Å². The quantitative estimate of drug-likeness (QED) is 0.882. The lowest BCUT2D eigenvalue weighted by atomic mass is 9.73. The number of aliphatic carboxylic acids is 1. The Hall–Kier alpha value is -2.54. The second kappa shape index (κ2) is 6.32. The molecular weight excluding hydrogens is 334 g/mol. The van der Waals surface area contributed by atoms with Gasteiger partial charge < -0.3 is 14.6 Å². The molecule has 2 atom stereocenters. The summed E-state index contributed by atoms with van der Waals surface area (Å²) in [5, 5.41) is 14.3. The Labute approximate surface area is 152 Å². The molecule has 2 aliphatic rings. The number of methoxy groups -OCH3 is 1. The molecule has 7 heteroatoms. The molecule has 138 valence electrons. The number of rotatable bonds is 5. The fourth-order valence-electron chi connectivity index (χ4n) is 4.19. The van der Waals surface area contributed by atoms with E-state index in [2.05, 4.69) is 10.00 Å². The van der Waals surface area contributed by atoms with Gasteiger partial charge in [0.05, 0.1) is 13.3 Å². The average molecular weight is 357 g/mol. The topological polar surface area (TPSA) is 76.8 Å². The van der Waals surface area contributed by atoms with Gasteiger partial charge in [0.15, 0.2) is 11.5 Å². The first-order chi connectivity index (χ1) is 12.6. The number of para-hydroxylation sites is 1. The highest BCUT2D eigenvalue weighted by molar-refractivity contribution is 5.79. The predicted molar refractivity (Wildman–Crippen MR) is 94.5 cm³/mol. The van der Waals surface area contributed by atoms with Crippen molar-refractivity contribution < 1.29 is 19.4 Å². The number of carboxylic acids is 1. The number of hydrogen-bond donors (Lipinski definition) is 1. The largest absolute Gasteiger partial charge is 0.493 e. The van der Waals surface area contributed by atoms with Gasteiger partial charge in [-0.1, -0.05) is 12.1 Å². The van der Waals surface area contributed by atoms with Crippen molar-refractivity contribution in [2.24, 2.45) is 5.41 Å². The van der Waals surface area contributed by atoms with Crippen LogP contribution in [-0.2, 0) is 17.9 Å². The molecule has 0 unspecified atom stereocenters. The number of likely N-dealkylation sites (tertiary alicyclic amines) is 1. The Morgan fingerprint density at radius 3 is 3.04 bits per heavy atom. The van der Waals surface area contributed by atoms with E-state index in [4.69, 9.17) is 9.47 Å². The molecule has 7 nitrogen and oxygen atoms in total. The van der Waals surface area contributed by atoms with Crippen LogP contribution < -0.4 is 9.47 Å². The average Bonchev–Trinajstić information content (AvgIpc) is 3.26. The number of hydrogen-bond acceptors (Lipinski definition) is 5. The first kappa shape index (κ1) is 16.9. The minimum absolute atomic E-state index is 0.125. The van der Waals surface area contributed by atoms with Gasteiger partial charge in [0.2, 0.25) is 0 Å². The number of benzene rings is 1. The molecule has 0 aliphatic carbocycles. The predicted octanol–water partition coefficient (Wildman–Crippen LogP) is 1.97. The van der Waals surface area contributed by atoms with Gasteiger partial charge in [-0.15, -0.1) is 0 Å². The molecule has 4 rings (SSSR count). The zero-order valence-electron chi connectivity index (χ0n) is 15.0. The van der Waals surface area contributed by atoms with Crippen LogP contribution in [0, 0.1) is 5.41 Å². The Balaban J connectivity index is 1.65. The molecule has 1 aromatic heterocycles. The van der Waals surface area contributed by atoms with Crippen LogP contribution in [0.15, 0.2) is 30.6 Å². The summed E-state index contributed by atoms with van der Waals surface area (Å²) in [6.45, 7) is 4.84. The number of fused-ring (bicyclic) bond motifs is 3. The van der Waals surface area contributed by atoms with Crippen molar-refractivity contribution in [2.45, 2.75) is 25.9 Å². The summed E-state index contributed by atoms with van der Waals surface area (Å²) in [6.07, 6.45) is 3.87. The maximum absolute atomic E-state index is 12.2. The highest BCUT2D eigenvalue weighted by atomic mass is 16.5. The third-order valence-electron chi connectivity index (χ3n) is 5.54. The van der Waals surface area contributed by atoms with Crippen LogP contribution in [0.4, 0.5) is 0 Å². The molecule has 0 amide bonds. The maximum atomic E-state index is 12.2. The maximum Gasteiger partial charge on any atom is 0.315 e. The Morgan fingerprint density at radius 1 is 1.50 bits per heavy atom. The van der Waals surface area contributed by atoms with Gasteiger partial charge in [0.1, 0.15) is 12.0 Å². The lowest BCUT2D eigenvalue weighted by molar-refractivity contribution is -0.152. The number of carbonyl (C=O) groups is 1. The fourth-order valence-corrected chi connectivity index (χ4v) is 4.19. The van der Waals surface area contributed by atoms with Gasteiger partial charge in [-0.2, -0.15) is 5.10 Å². The second-order valence-electron chi connectivity index (χ2n) is 7.06. The van der Waals surface area contributed by atoms with Crippen LogP contribution in [0.3, 0.4) is 0 Å². The summed E-state index contributed by atoms with van der Waals surface area (Å²) < 4.78 is 13.2. The first-order valence-electron chi connectivity index (χ1n) is 8.84. The van der Waals surface area contributed by atoms with Crippen molar-refractivity contribution in [2.75, 3.05) is 26.8 Å². The Morgan fingerprint density at radius 2 is 2.35 bits per heavy atom. The van der Waals surface area contributed by atoms with E-state index in [0.717, 1.165) is 17.7 Å². The van der Waals surface area contributed by atoms with Crippen LogP contribution in [0.5, 0.6) is 11.5 Å². The van der Waals surface area contributed by atoms with Crippen LogP contribution in [0.2, 0.25) is 0 Å². The Kier molecular flexibility index (Phi) is 4.11. The molecular formula is C19H23N3O4. The first-order valence-corrected chi connectivity index (χ1v) is 8.84. The third kappa shape index (κ3) is 2.54. The Bertz CT molecular complexity index is 834. The smallest absolute Gasteiger partial charge is 0.315 e. The molecule has 26 heavy (non-hydrogen) atoms. The molecule has 2 aliphatic heterocycles. The number of aryl methyl sites for hydroxylation is 1. The molecule has 0 spiro atoms. The number of aromatic nitrogens is 2. The van der Waals surface area contributed by atoms with E-state index in [0.29, 0.717) is 31.1 Å². The summed E-state index contributed by atoms with van der Waals surface area (Å²) >= 11 is 0. The summed E-state index contributed by atoms with van der Waals surface area (Å²) in [4.78, 5) is 14.4. The molecule has 1 N–H and O–H groups in total. The highest BCUT2D eigenvalue weighted by Gasteiger charge is 2.56. The minimum atomic E-state index is -0.930. The van der Waals surface area contributed by atoms with E-state index in [9.17, 15) is 9.90 Å². The van der Waals surface area contributed by atoms with Crippen molar-refractivity contribution in [3.8, 4) is 11.5 Å². The zero-order chi connectivity index (χ0) is 18.3. The molecule has 1 fully saturated rings. The van der Waals surface area contributed by atoms with Crippen LogP contribution >= 0.6 is 0 Å². The van der Waals surface area contributed by atoms with Gasteiger partial charge in [0, 0.05) is 49.4 Å². The monoisotopic (exact) mass is 357 g/mol. The van der Waals surface area contributed by atoms with Gasteiger partial charge in [-0.05, 0) is 13.0 Å². The van der Waals surface area contributed by atoms with E-state index in [1.54, 1.807) is 7.11 Å². The molecule has 0 saturated carbocycles. The normalized spacial score (nSPS) is 24.6. The summed E-state index contributed by atoms with van der Waals surface area (Å²) in [6, 6.07) is 5.70. The third-order valence-corrected chi connectivity index (χ3v) is 5.54.